The molecule has 2 aliphatic carbocycles. The molecule has 6 aromatic rings. The second kappa shape index (κ2) is 9.51. The van der Waals surface area contributed by atoms with E-state index in [0.29, 0.717) is 0 Å². The molecular weight excluding hydrogens is 599 g/mol. The van der Waals surface area contributed by atoms with Gasteiger partial charge in [-0.05, 0) is 0 Å². The van der Waals surface area contributed by atoms with Gasteiger partial charge in [-0.3, -0.25) is 0 Å². The minimum atomic E-state index is -1.13. The Bertz CT molecular complexity index is 1820. The van der Waals surface area contributed by atoms with Crippen LogP contribution in [0.1, 0.15) is 33.4 Å². The Hall–Kier alpha value is -2.58. The number of rotatable bonds is 2. The van der Waals surface area contributed by atoms with Gasteiger partial charge in [0.1, 0.15) is 0 Å². The zero-order valence-corrected chi connectivity index (χ0v) is 26.5. The molecule has 0 unspecified atom stereocenters. The van der Waals surface area contributed by atoms with Crippen LogP contribution in [0.3, 0.4) is 0 Å². The van der Waals surface area contributed by atoms with Crippen LogP contribution in [-0.2, 0) is 50.2 Å². The number of halogens is 2. The Morgan fingerprint density at radius 1 is 0.564 bits per heavy atom. The van der Waals surface area contributed by atoms with Crippen molar-refractivity contribution in [3.63, 3.8) is 0 Å². The summed E-state index contributed by atoms with van der Waals surface area (Å²) in [4.78, 5) is 0. The second-order valence-electron chi connectivity index (χ2n) is 10.9. The quantitative estimate of drug-likeness (QED) is 0.264. The maximum Gasteiger partial charge on any atom is -1.00 e. The number of fused-ring (bicyclic) bond motifs is 10. The van der Waals surface area contributed by atoms with E-state index in [0.717, 1.165) is 12.8 Å². The summed E-state index contributed by atoms with van der Waals surface area (Å²) >= 11 is -1.13. The molecule has 8 rings (SSSR count). The van der Waals surface area contributed by atoms with Crippen LogP contribution in [0.4, 0.5) is 0 Å². The summed E-state index contributed by atoms with van der Waals surface area (Å²) in [6.45, 7) is 4.69. The van der Waals surface area contributed by atoms with Crippen molar-refractivity contribution in [3.8, 4) is 22.5 Å². The maximum atomic E-state index is 2.46. The van der Waals surface area contributed by atoms with Crippen molar-refractivity contribution in [3.05, 3.63) is 106 Å². The van der Waals surface area contributed by atoms with Crippen LogP contribution in [0.5, 0.6) is 0 Å². The topological polar surface area (TPSA) is 9.86 Å². The molecule has 0 aliphatic heterocycles. The molecule has 2 nitrogen and oxygen atoms in total. The molecule has 0 bridgehead atoms. The fourth-order valence-electron chi connectivity index (χ4n) is 7.11. The normalized spacial score (nSPS) is 12.4. The van der Waals surface area contributed by atoms with E-state index in [9.17, 15) is 0 Å². The van der Waals surface area contributed by atoms with Crippen LogP contribution in [0.15, 0.2) is 72.8 Å². The molecule has 192 valence electrons. The van der Waals surface area contributed by atoms with Crippen molar-refractivity contribution in [1.29, 1.82) is 0 Å². The molecule has 0 atom stereocenters. The van der Waals surface area contributed by atoms with Crippen molar-refractivity contribution in [2.24, 2.45) is 14.1 Å². The van der Waals surface area contributed by atoms with Gasteiger partial charge in [0.2, 0.25) is 0 Å². The molecule has 0 spiro atoms. The number of hydrogen-bond donors (Lipinski definition) is 0. The van der Waals surface area contributed by atoms with E-state index in [1.165, 1.54) is 55.8 Å². The van der Waals surface area contributed by atoms with E-state index in [1.807, 2.05) is 0 Å². The van der Waals surface area contributed by atoms with E-state index >= 15 is 0 Å². The first kappa shape index (κ1) is 26.6. The summed E-state index contributed by atoms with van der Waals surface area (Å²) in [5.41, 5.74) is 17.5. The number of aryl methyl sites for hydroxylation is 4. The summed E-state index contributed by atoms with van der Waals surface area (Å²) < 4.78 is 8.25. The molecule has 2 heterocycles. The van der Waals surface area contributed by atoms with Crippen LogP contribution in [-0.4, -0.2) is 9.13 Å². The van der Waals surface area contributed by atoms with E-state index in [1.54, 1.807) is 28.4 Å². The molecular formula is C34H28Cl2N2Zr. The molecule has 39 heavy (non-hydrogen) atoms. The van der Waals surface area contributed by atoms with Crippen molar-refractivity contribution < 1.29 is 48.0 Å². The van der Waals surface area contributed by atoms with E-state index < -0.39 is 23.2 Å². The van der Waals surface area contributed by atoms with Crippen molar-refractivity contribution in [2.45, 2.75) is 26.7 Å². The second-order valence-corrected chi connectivity index (χ2v) is 13.9. The molecule has 4 aromatic carbocycles. The molecule has 0 N–H and O–H groups in total. The Morgan fingerprint density at radius 2 is 0.974 bits per heavy atom. The van der Waals surface area contributed by atoms with Crippen molar-refractivity contribution in [1.82, 2.24) is 9.13 Å². The van der Waals surface area contributed by atoms with Gasteiger partial charge in [0.25, 0.3) is 0 Å². The largest absolute Gasteiger partial charge is 1.00 e. The van der Waals surface area contributed by atoms with Crippen LogP contribution in [0, 0.1) is 13.8 Å². The average molecular weight is 627 g/mol. The van der Waals surface area contributed by atoms with Gasteiger partial charge in [-0.1, -0.05) is 0 Å². The fourth-order valence-corrected chi connectivity index (χ4v) is 11.1. The van der Waals surface area contributed by atoms with Gasteiger partial charge in [0.05, 0.1) is 0 Å². The number of nitrogens with zero attached hydrogens (tertiary/aromatic N) is 2. The Kier molecular flexibility index (Phi) is 6.50. The summed E-state index contributed by atoms with van der Waals surface area (Å²) in [5, 5.41) is 3.10. The summed E-state index contributed by atoms with van der Waals surface area (Å²) in [6.07, 6.45) is 2.11. The van der Waals surface area contributed by atoms with Crippen LogP contribution < -0.4 is 31.4 Å². The monoisotopic (exact) mass is 624 g/mol. The Balaban J connectivity index is 0.00000138. The minimum Gasteiger partial charge on any atom is -1.00 e. The molecule has 0 fully saturated rings. The van der Waals surface area contributed by atoms with Gasteiger partial charge in [-0.2, -0.15) is 0 Å². The SMILES string of the molecule is Cc1ccc2c(c3c(n2C)-c2ccccc2C3)[c]1[Zr+2][c]1c(C)ccc2c1c1c(n2C)-c2ccccc2C1.[Cl-].[Cl-]. The van der Waals surface area contributed by atoms with Gasteiger partial charge in [0, 0.05) is 0 Å². The zero-order valence-electron chi connectivity index (χ0n) is 22.5. The standard InChI is InChI=1S/2C17H14N.2ClH.Zr/c2*1-11-7-8-16-14(9-11)15-10-12-5-3-4-6-13(12)17(15)18(16)2;;;/h2*3-8H,10H2,1-2H3;2*1H;/q;;;;+2/p-2. The van der Waals surface area contributed by atoms with Crippen LogP contribution >= 0.6 is 0 Å². The number of hydrogen-bond acceptors (Lipinski definition) is 0. The number of aromatic nitrogens is 2. The molecule has 0 saturated carbocycles. The first-order chi connectivity index (χ1) is 18.0. The molecule has 0 amide bonds. The first-order valence-electron chi connectivity index (χ1n) is 13.2. The summed E-state index contributed by atoms with van der Waals surface area (Å²) in [7, 11) is 4.53. The van der Waals surface area contributed by atoms with Gasteiger partial charge in [0.15, 0.2) is 0 Å². The zero-order chi connectivity index (χ0) is 25.0. The van der Waals surface area contributed by atoms with E-state index in [2.05, 4.69) is 110 Å². The molecule has 2 aromatic heterocycles. The smallest absolute Gasteiger partial charge is 1.00 e. The van der Waals surface area contributed by atoms with Crippen molar-refractivity contribution in [2.75, 3.05) is 0 Å². The maximum absolute atomic E-state index is 2.46. The molecule has 0 saturated heterocycles. The Labute approximate surface area is 253 Å². The molecule has 5 heteroatoms. The van der Waals surface area contributed by atoms with Crippen LogP contribution in [0.25, 0.3) is 44.3 Å². The minimum absolute atomic E-state index is 0. The van der Waals surface area contributed by atoms with E-state index in [4.69, 9.17) is 0 Å². The van der Waals surface area contributed by atoms with Gasteiger partial charge in [-0.25, -0.2) is 0 Å². The number of benzene rings is 4. The summed E-state index contributed by atoms with van der Waals surface area (Å²) in [5.74, 6) is 0. The third kappa shape index (κ3) is 3.56. The molecule has 2 aliphatic rings. The van der Waals surface area contributed by atoms with E-state index in [-0.39, 0.29) is 24.8 Å². The Morgan fingerprint density at radius 3 is 1.41 bits per heavy atom. The fraction of sp³-hybridized carbons (Fsp3) is 0.176. The summed E-state index contributed by atoms with van der Waals surface area (Å²) in [6, 6.07) is 27.5. The first-order valence-corrected chi connectivity index (χ1v) is 15.6. The molecule has 0 radical (unpaired) electrons. The third-order valence-electron chi connectivity index (χ3n) is 8.88. The van der Waals surface area contributed by atoms with Crippen molar-refractivity contribution >= 4 is 28.3 Å². The average Bonchev–Trinajstić information content (AvgIpc) is 3.61. The van der Waals surface area contributed by atoms with Gasteiger partial charge >= 0.3 is 230 Å². The predicted molar refractivity (Wildman–Crippen MR) is 151 cm³/mol. The predicted octanol–water partition coefficient (Wildman–Crippen LogP) is 0.471. The third-order valence-corrected chi connectivity index (χ3v) is 13.3. The van der Waals surface area contributed by atoms with Crippen LogP contribution in [0.2, 0.25) is 0 Å². The van der Waals surface area contributed by atoms with Gasteiger partial charge in [-0.15, -0.1) is 0 Å². The van der Waals surface area contributed by atoms with Gasteiger partial charge < -0.3 is 24.8 Å².